The fourth-order valence-corrected chi connectivity index (χ4v) is 1.72. The van der Waals surface area contributed by atoms with Crippen LogP contribution in [0.1, 0.15) is 12.7 Å². The van der Waals surface area contributed by atoms with E-state index in [4.69, 9.17) is 4.52 Å². The van der Waals surface area contributed by atoms with Crippen molar-refractivity contribution in [3.8, 4) is 11.6 Å². The van der Waals surface area contributed by atoms with E-state index in [1.165, 1.54) is 10.6 Å². The number of likely N-dealkylation sites (N-methyl/N-ethyl adjacent to an activating group) is 1. The molecule has 0 fully saturated rings. The van der Waals surface area contributed by atoms with E-state index in [1.54, 1.807) is 13.1 Å². The molecule has 1 unspecified atom stereocenters. The molecule has 19 heavy (non-hydrogen) atoms. The molecule has 0 spiro atoms. The van der Waals surface area contributed by atoms with Gasteiger partial charge in [0.25, 0.3) is 5.89 Å². The monoisotopic (exact) mass is 265 g/mol. The normalized spacial score (nSPS) is 12.6. The van der Waals surface area contributed by atoms with Gasteiger partial charge in [0.05, 0.1) is 7.05 Å². The van der Waals surface area contributed by atoms with Gasteiger partial charge in [-0.1, -0.05) is 5.16 Å². The van der Waals surface area contributed by atoms with Gasteiger partial charge in [0.1, 0.15) is 0 Å². The number of rotatable bonds is 5. The van der Waals surface area contributed by atoms with Crippen molar-refractivity contribution in [2.75, 3.05) is 7.05 Å². The van der Waals surface area contributed by atoms with Crippen LogP contribution in [0.25, 0.3) is 11.6 Å². The standard InChI is InChI=1S/C11H15N5O3/c1-7(12-2)6-9-13-11(19-14-9)8-4-5-10(15(8)3)16(17)18/h4-5,7,12H,6H2,1-3H3. The van der Waals surface area contributed by atoms with E-state index in [2.05, 4.69) is 15.5 Å². The SMILES string of the molecule is CNC(C)Cc1noc(-c2ccc([N+](=O)[O-])n2C)n1. The molecule has 2 heterocycles. The van der Waals surface area contributed by atoms with Crippen LogP contribution >= 0.6 is 0 Å². The summed E-state index contributed by atoms with van der Waals surface area (Å²) in [5.74, 6) is 0.841. The van der Waals surface area contributed by atoms with Crippen LogP contribution < -0.4 is 5.32 Å². The zero-order valence-corrected chi connectivity index (χ0v) is 11.0. The average Bonchev–Trinajstić information content (AvgIpc) is 2.95. The number of aromatic nitrogens is 3. The first-order chi connectivity index (χ1) is 9.02. The number of hydrogen-bond donors (Lipinski definition) is 1. The highest BCUT2D eigenvalue weighted by Crippen LogP contribution is 2.23. The molecule has 102 valence electrons. The second-order valence-corrected chi connectivity index (χ2v) is 4.30. The lowest BCUT2D eigenvalue weighted by Crippen LogP contribution is -2.24. The molecule has 0 radical (unpaired) electrons. The van der Waals surface area contributed by atoms with Crippen molar-refractivity contribution in [3.05, 3.63) is 28.1 Å². The fourth-order valence-electron chi connectivity index (χ4n) is 1.72. The van der Waals surface area contributed by atoms with E-state index in [-0.39, 0.29) is 17.8 Å². The van der Waals surface area contributed by atoms with E-state index in [0.29, 0.717) is 17.9 Å². The predicted octanol–water partition coefficient (Wildman–Crippen LogP) is 1.13. The van der Waals surface area contributed by atoms with Crippen molar-refractivity contribution in [3.63, 3.8) is 0 Å². The third-order valence-electron chi connectivity index (χ3n) is 2.95. The van der Waals surface area contributed by atoms with Crippen molar-refractivity contribution in [2.24, 2.45) is 7.05 Å². The topological polar surface area (TPSA) is 99.0 Å². The number of nitrogens with one attached hydrogen (secondary N) is 1. The van der Waals surface area contributed by atoms with Crippen LogP contribution in [0.4, 0.5) is 5.82 Å². The molecule has 2 aromatic rings. The third kappa shape index (κ3) is 2.63. The molecule has 1 N–H and O–H groups in total. The molecule has 1 atom stereocenters. The van der Waals surface area contributed by atoms with Crippen molar-refractivity contribution in [2.45, 2.75) is 19.4 Å². The van der Waals surface area contributed by atoms with Crippen LogP contribution in [0.15, 0.2) is 16.7 Å². The maximum atomic E-state index is 10.8. The van der Waals surface area contributed by atoms with Gasteiger partial charge in [0.2, 0.25) is 0 Å². The van der Waals surface area contributed by atoms with Gasteiger partial charge in [0, 0.05) is 18.5 Å². The Morgan fingerprint density at radius 1 is 1.58 bits per heavy atom. The molecule has 0 saturated heterocycles. The van der Waals surface area contributed by atoms with Gasteiger partial charge in [-0.2, -0.15) is 4.98 Å². The van der Waals surface area contributed by atoms with E-state index in [9.17, 15) is 10.1 Å². The lowest BCUT2D eigenvalue weighted by atomic mass is 10.2. The highest BCUT2D eigenvalue weighted by molar-refractivity contribution is 5.52. The summed E-state index contributed by atoms with van der Waals surface area (Å²) in [6.07, 6.45) is 0.631. The first-order valence-corrected chi connectivity index (χ1v) is 5.83. The average molecular weight is 265 g/mol. The minimum Gasteiger partial charge on any atom is -0.358 e. The van der Waals surface area contributed by atoms with Gasteiger partial charge in [-0.15, -0.1) is 0 Å². The molecule has 0 bridgehead atoms. The lowest BCUT2D eigenvalue weighted by molar-refractivity contribution is -0.391. The number of hydrogen-bond acceptors (Lipinski definition) is 6. The Hall–Kier alpha value is -2.22. The van der Waals surface area contributed by atoms with Crippen LogP contribution in [0, 0.1) is 10.1 Å². The van der Waals surface area contributed by atoms with E-state index in [1.807, 2.05) is 14.0 Å². The molecule has 0 aromatic carbocycles. The van der Waals surface area contributed by atoms with Crippen LogP contribution in [0.2, 0.25) is 0 Å². The zero-order chi connectivity index (χ0) is 14.0. The molecule has 0 aliphatic rings. The largest absolute Gasteiger partial charge is 0.358 e. The van der Waals surface area contributed by atoms with Crippen molar-refractivity contribution in [1.82, 2.24) is 20.0 Å². The van der Waals surface area contributed by atoms with Gasteiger partial charge in [0.15, 0.2) is 11.5 Å². The number of nitrogens with zero attached hydrogens (tertiary/aromatic N) is 4. The molecule has 0 amide bonds. The maximum Gasteiger partial charge on any atom is 0.323 e. The Morgan fingerprint density at radius 2 is 2.32 bits per heavy atom. The summed E-state index contributed by atoms with van der Waals surface area (Å²) >= 11 is 0. The quantitative estimate of drug-likeness (QED) is 0.642. The summed E-state index contributed by atoms with van der Waals surface area (Å²) in [5, 5.41) is 17.7. The summed E-state index contributed by atoms with van der Waals surface area (Å²) < 4.78 is 6.55. The van der Waals surface area contributed by atoms with E-state index >= 15 is 0 Å². The van der Waals surface area contributed by atoms with Gasteiger partial charge in [-0.25, -0.2) is 4.57 Å². The first-order valence-electron chi connectivity index (χ1n) is 5.83. The Morgan fingerprint density at radius 3 is 2.89 bits per heavy atom. The minimum absolute atomic E-state index is 0.0154. The van der Waals surface area contributed by atoms with Crippen molar-refractivity contribution < 1.29 is 9.45 Å². The van der Waals surface area contributed by atoms with Crippen LogP contribution in [0.3, 0.4) is 0 Å². The molecule has 8 nitrogen and oxygen atoms in total. The van der Waals surface area contributed by atoms with Crippen molar-refractivity contribution >= 4 is 5.82 Å². The second-order valence-electron chi connectivity index (χ2n) is 4.30. The van der Waals surface area contributed by atoms with Crippen LogP contribution in [0.5, 0.6) is 0 Å². The minimum atomic E-state index is -0.455. The van der Waals surface area contributed by atoms with Crippen LogP contribution in [-0.2, 0) is 13.5 Å². The maximum absolute atomic E-state index is 10.8. The van der Waals surface area contributed by atoms with E-state index < -0.39 is 4.92 Å². The van der Waals surface area contributed by atoms with Gasteiger partial charge < -0.3 is 20.0 Å². The smallest absolute Gasteiger partial charge is 0.323 e. The summed E-state index contributed by atoms with van der Waals surface area (Å²) in [6, 6.07) is 3.24. The molecular formula is C11H15N5O3. The van der Waals surface area contributed by atoms with Gasteiger partial charge >= 0.3 is 5.82 Å². The molecule has 2 aromatic heterocycles. The molecule has 0 saturated carbocycles. The zero-order valence-electron chi connectivity index (χ0n) is 11.0. The summed E-state index contributed by atoms with van der Waals surface area (Å²) in [5.41, 5.74) is 0.530. The summed E-state index contributed by atoms with van der Waals surface area (Å²) in [7, 11) is 3.44. The molecule has 8 heteroatoms. The number of nitro groups is 1. The Bertz CT molecular complexity index is 589. The third-order valence-corrected chi connectivity index (χ3v) is 2.95. The Balaban J connectivity index is 2.26. The Labute approximate surface area is 109 Å². The highest BCUT2D eigenvalue weighted by atomic mass is 16.6. The molecule has 2 rings (SSSR count). The molecule has 0 aliphatic heterocycles. The summed E-state index contributed by atoms with van der Waals surface area (Å²) in [4.78, 5) is 14.6. The molecular weight excluding hydrogens is 250 g/mol. The van der Waals surface area contributed by atoms with Crippen molar-refractivity contribution in [1.29, 1.82) is 0 Å². The Kier molecular flexibility index (Phi) is 3.61. The highest BCUT2D eigenvalue weighted by Gasteiger charge is 2.21. The predicted molar refractivity (Wildman–Crippen MR) is 67.6 cm³/mol. The molecule has 0 aliphatic carbocycles. The van der Waals surface area contributed by atoms with Gasteiger partial charge in [-0.05, 0) is 25.0 Å². The lowest BCUT2D eigenvalue weighted by Gasteiger charge is -2.04. The van der Waals surface area contributed by atoms with Crippen LogP contribution in [-0.4, -0.2) is 32.7 Å². The first kappa shape index (κ1) is 13.2. The van der Waals surface area contributed by atoms with Gasteiger partial charge in [-0.3, -0.25) is 0 Å². The summed E-state index contributed by atoms with van der Waals surface area (Å²) in [6.45, 7) is 2.00. The second kappa shape index (κ2) is 5.19. The van der Waals surface area contributed by atoms with E-state index in [0.717, 1.165) is 0 Å². The fraction of sp³-hybridized carbons (Fsp3) is 0.455.